The SMILES string of the molecule is CC(C)(C)OC(=O)NC(CCCC1CC1)CC(=O)O. The van der Waals surface area contributed by atoms with Crippen molar-refractivity contribution in [2.75, 3.05) is 0 Å². The molecule has 0 aromatic rings. The lowest BCUT2D eigenvalue weighted by atomic mass is 10.0. The Balaban J connectivity index is 2.33. The van der Waals surface area contributed by atoms with E-state index >= 15 is 0 Å². The number of nitrogens with one attached hydrogen (secondary N) is 1. The number of hydrogen-bond acceptors (Lipinski definition) is 3. The van der Waals surface area contributed by atoms with Crippen molar-refractivity contribution >= 4 is 12.1 Å². The Morgan fingerprint density at radius 1 is 1.37 bits per heavy atom. The summed E-state index contributed by atoms with van der Waals surface area (Å²) in [7, 11) is 0. The molecule has 2 N–H and O–H groups in total. The van der Waals surface area contributed by atoms with Crippen molar-refractivity contribution in [3.63, 3.8) is 0 Å². The summed E-state index contributed by atoms with van der Waals surface area (Å²) in [5.41, 5.74) is -0.564. The Morgan fingerprint density at radius 3 is 2.47 bits per heavy atom. The molecule has 1 unspecified atom stereocenters. The van der Waals surface area contributed by atoms with Gasteiger partial charge in [-0.15, -0.1) is 0 Å². The number of rotatable bonds is 7. The second kappa shape index (κ2) is 6.78. The fraction of sp³-hybridized carbons (Fsp3) is 0.857. The molecule has 19 heavy (non-hydrogen) atoms. The molecule has 1 saturated carbocycles. The van der Waals surface area contributed by atoms with Crippen molar-refractivity contribution in [1.82, 2.24) is 5.32 Å². The molecule has 0 spiro atoms. The number of hydrogen-bond donors (Lipinski definition) is 2. The molecule has 110 valence electrons. The van der Waals surface area contributed by atoms with Crippen LogP contribution in [0.3, 0.4) is 0 Å². The van der Waals surface area contributed by atoms with E-state index in [0.717, 1.165) is 18.8 Å². The molecule has 1 aliphatic carbocycles. The zero-order valence-corrected chi connectivity index (χ0v) is 12.1. The molecule has 0 aromatic carbocycles. The van der Waals surface area contributed by atoms with Crippen molar-refractivity contribution in [3.05, 3.63) is 0 Å². The van der Waals surface area contributed by atoms with Gasteiger partial charge in [-0.2, -0.15) is 0 Å². The molecule has 1 atom stereocenters. The first-order chi connectivity index (χ1) is 8.76. The van der Waals surface area contributed by atoms with Crippen LogP contribution in [-0.2, 0) is 9.53 Å². The number of amides is 1. The van der Waals surface area contributed by atoms with E-state index < -0.39 is 17.7 Å². The van der Waals surface area contributed by atoms with Crippen molar-refractivity contribution in [2.45, 2.75) is 70.9 Å². The first-order valence-electron chi connectivity index (χ1n) is 6.97. The molecule has 0 heterocycles. The fourth-order valence-electron chi connectivity index (χ4n) is 1.97. The van der Waals surface area contributed by atoms with Gasteiger partial charge in [-0.25, -0.2) is 4.79 Å². The van der Waals surface area contributed by atoms with Crippen LogP contribution < -0.4 is 5.32 Å². The van der Waals surface area contributed by atoms with E-state index in [1.165, 1.54) is 12.8 Å². The van der Waals surface area contributed by atoms with E-state index in [2.05, 4.69) is 5.32 Å². The molecule has 5 heteroatoms. The van der Waals surface area contributed by atoms with E-state index in [1.807, 2.05) is 0 Å². The van der Waals surface area contributed by atoms with Gasteiger partial charge in [-0.3, -0.25) is 4.79 Å². The molecule has 1 amide bonds. The Morgan fingerprint density at radius 2 is 2.00 bits per heavy atom. The van der Waals surface area contributed by atoms with Crippen LogP contribution in [0.2, 0.25) is 0 Å². The van der Waals surface area contributed by atoms with E-state index in [4.69, 9.17) is 9.84 Å². The third-order valence-electron chi connectivity index (χ3n) is 3.00. The minimum absolute atomic E-state index is 0.0517. The van der Waals surface area contributed by atoms with Crippen LogP contribution in [0.4, 0.5) is 4.79 Å². The van der Waals surface area contributed by atoms with E-state index in [9.17, 15) is 9.59 Å². The molecule has 1 aliphatic rings. The van der Waals surface area contributed by atoms with Crippen LogP contribution >= 0.6 is 0 Å². The number of aliphatic carboxylic acids is 1. The van der Waals surface area contributed by atoms with E-state index in [0.29, 0.717) is 6.42 Å². The number of ether oxygens (including phenoxy) is 1. The molecule has 0 aliphatic heterocycles. The number of carboxylic acid groups (broad SMARTS) is 1. The van der Waals surface area contributed by atoms with Crippen molar-refractivity contribution in [3.8, 4) is 0 Å². The molecule has 1 rings (SSSR count). The summed E-state index contributed by atoms with van der Waals surface area (Å²) in [6.07, 6.45) is 4.79. The lowest BCUT2D eigenvalue weighted by molar-refractivity contribution is -0.137. The van der Waals surface area contributed by atoms with Crippen LogP contribution in [0.5, 0.6) is 0 Å². The number of carboxylic acids is 1. The Labute approximate surface area is 114 Å². The lowest BCUT2D eigenvalue weighted by Gasteiger charge is -2.23. The summed E-state index contributed by atoms with van der Waals surface area (Å²) in [6.45, 7) is 5.35. The van der Waals surface area contributed by atoms with Gasteiger partial charge in [0.15, 0.2) is 0 Å². The maximum absolute atomic E-state index is 11.6. The molecular formula is C14H25NO4. The van der Waals surface area contributed by atoms with Gasteiger partial charge in [0.25, 0.3) is 0 Å². The van der Waals surface area contributed by atoms with Crippen molar-refractivity contribution in [2.24, 2.45) is 5.92 Å². The molecule has 0 bridgehead atoms. The maximum atomic E-state index is 11.6. The standard InChI is InChI=1S/C14H25NO4/c1-14(2,3)19-13(18)15-11(9-12(16)17)6-4-5-10-7-8-10/h10-11H,4-9H2,1-3H3,(H,15,18)(H,16,17). The smallest absolute Gasteiger partial charge is 0.407 e. The normalized spacial score (nSPS) is 16.8. The van der Waals surface area contributed by atoms with Gasteiger partial charge < -0.3 is 15.2 Å². The third kappa shape index (κ3) is 8.46. The maximum Gasteiger partial charge on any atom is 0.407 e. The highest BCUT2D eigenvalue weighted by molar-refractivity contribution is 5.71. The summed E-state index contributed by atoms with van der Waals surface area (Å²) in [4.78, 5) is 22.4. The number of carbonyl (C=O) groups is 2. The average Bonchev–Trinajstić information content (AvgIpc) is 2.96. The molecule has 0 saturated heterocycles. The second-order valence-corrected chi connectivity index (χ2v) is 6.32. The molecule has 1 fully saturated rings. The predicted octanol–water partition coefficient (Wildman–Crippen LogP) is 2.93. The second-order valence-electron chi connectivity index (χ2n) is 6.32. The summed E-state index contributed by atoms with van der Waals surface area (Å²) < 4.78 is 5.15. The zero-order valence-electron chi connectivity index (χ0n) is 12.1. The molecule has 0 aromatic heterocycles. The van der Waals surface area contributed by atoms with Crippen LogP contribution in [0, 0.1) is 5.92 Å². The summed E-state index contributed by atoms with van der Waals surface area (Å²) in [5.74, 6) is -0.0699. The van der Waals surface area contributed by atoms with Gasteiger partial charge in [0, 0.05) is 6.04 Å². The first kappa shape index (κ1) is 15.8. The number of alkyl carbamates (subject to hydrolysis) is 1. The minimum Gasteiger partial charge on any atom is -0.481 e. The van der Waals surface area contributed by atoms with Crippen LogP contribution in [0.15, 0.2) is 0 Å². The Bertz CT molecular complexity index is 318. The van der Waals surface area contributed by atoms with Gasteiger partial charge in [0.05, 0.1) is 6.42 Å². The van der Waals surface area contributed by atoms with Crippen molar-refractivity contribution in [1.29, 1.82) is 0 Å². The average molecular weight is 271 g/mol. The van der Waals surface area contributed by atoms with Gasteiger partial charge in [-0.05, 0) is 33.1 Å². The Kier molecular flexibility index (Phi) is 5.63. The predicted molar refractivity (Wildman–Crippen MR) is 72.0 cm³/mol. The third-order valence-corrected chi connectivity index (χ3v) is 3.00. The molecular weight excluding hydrogens is 246 g/mol. The molecule has 0 radical (unpaired) electrons. The minimum atomic E-state index is -0.896. The Hall–Kier alpha value is -1.26. The molecule has 5 nitrogen and oxygen atoms in total. The van der Waals surface area contributed by atoms with Crippen LogP contribution in [0.25, 0.3) is 0 Å². The highest BCUT2D eigenvalue weighted by Gasteiger charge is 2.23. The van der Waals surface area contributed by atoms with Crippen LogP contribution in [0.1, 0.15) is 59.3 Å². The quantitative estimate of drug-likeness (QED) is 0.746. The summed E-state index contributed by atoms with van der Waals surface area (Å²) in [6, 6.07) is -0.342. The van der Waals surface area contributed by atoms with Crippen molar-refractivity contribution < 1.29 is 19.4 Å². The highest BCUT2D eigenvalue weighted by Crippen LogP contribution is 2.34. The highest BCUT2D eigenvalue weighted by atomic mass is 16.6. The first-order valence-corrected chi connectivity index (χ1v) is 6.97. The van der Waals surface area contributed by atoms with E-state index in [1.54, 1.807) is 20.8 Å². The number of carbonyl (C=O) groups excluding carboxylic acids is 1. The van der Waals surface area contributed by atoms with Crippen LogP contribution in [-0.4, -0.2) is 28.8 Å². The zero-order chi connectivity index (χ0) is 14.5. The fourth-order valence-corrected chi connectivity index (χ4v) is 1.97. The van der Waals surface area contributed by atoms with Gasteiger partial charge in [-0.1, -0.05) is 25.7 Å². The van der Waals surface area contributed by atoms with Gasteiger partial charge in [0.1, 0.15) is 5.60 Å². The monoisotopic (exact) mass is 271 g/mol. The van der Waals surface area contributed by atoms with E-state index in [-0.39, 0.29) is 12.5 Å². The largest absolute Gasteiger partial charge is 0.481 e. The van der Waals surface area contributed by atoms with Gasteiger partial charge >= 0.3 is 12.1 Å². The topological polar surface area (TPSA) is 75.6 Å². The lowest BCUT2D eigenvalue weighted by Crippen LogP contribution is -2.40. The summed E-state index contributed by atoms with van der Waals surface area (Å²) in [5, 5.41) is 11.5. The summed E-state index contributed by atoms with van der Waals surface area (Å²) >= 11 is 0. The van der Waals surface area contributed by atoms with Gasteiger partial charge in [0.2, 0.25) is 0 Å².